The molecular formula is C28H17IN4O9. The van der Waals surface area contributed by atoms with Crippen molar-refractivity contribution in [2.24, 2.45) is 0 Å². The Balaban J connectivity index is 0.000000176. The van der Waals surface area contributed by atoms with Crippen molar-refractivity contribution in [3.05, 3.63) is 126 Å². The van der Waals surface area contributed by atoms with Gasteiger partial charge in [0.15, 0.2) is 11.5 Å². The van der Waals surface area contributed by atoms with Crippen LogP contribution in [0, 0.1) is 23.8 Å². The van der Waals surface area contributed by atoms with Gasteiger partial charge in [-0.25, -0.2) is 0 Å². The molecule has 0 radical (unpaired) electrons. The minimum atomic E-state index is -0.697. The molecule has 2 N–H and O–H groups in total. The van der Waals surface area contributed by atoms with Crippen LogP contribution in [0.25, 0.3) is 21.9 Å². The highest BCUT2D eigenvalue weighted by Gasteiger charge is 2.19. The van der Waals surface area contributed by atoms with Crippen LogP contribution >= 0.6 is 22.6 Å². The fourth-order valence-electron chi connectivity index (χ4n) is 3.82. The summed E-state index contributed by atoms with van der Waals surface area (Å²) in [6.07, 6.45) is 0. The van der Waals surface area contributed by atoms with Crippen molar-refractivity contribution in [2.45, 2.75) is 0 Å². The van der Waals surface area contributed by atoms with Crippen LogP contribution in [-0.2, 0) is 0 Å². The number of halogens is 1. The lowest BCUT2D eigenvalue weighted by molar-refractivity contribution is -0.402. The highest BCUT2D eigenvalue weighted by Crippen LogP contribution is 2.30. The van der Waals surface area contributed by atoms with Crippen molar-refractivity contribution in [1.29, 1.82) is 0 Å². The van der Waals surface area contributed by atoms with Crippen LogP contribution < -0.4 is 10.6 Å². The van der Waals surface area contributed by atoms with Gasteiger partial charge >= 0.3 is 11.8 Å². The molecule has 0 unspecified atom stereocenters. The summed E-state index contributed by atoms with van der Waals surface area (Å²) in [5, 5.41) is 28.2. The average Bonchev–Trinajstić information content (AvgIpc) is 3.73. The zero-order valence-electron chi connectivity index (χ0n) is 21.1. The number of para-hydroxylation sites is 1. The number of carbonyl (C=O) groups is 2. The van der Waals surface area contributed by atoms with E-state index in [0.717, 1.165) is 32.1 Å². The van der Waals surface area contributed by atoms with Crippen molar-refractivity contribution in [3.63, 3.8) is 0 Å². The summed E-state index contributed by atoms with van der Waals surface area (Å²) in [6.45, 7) is 0. The van der Waals surface area contributed by atoms with E-state index in [0.29, 0.717) is 17.0 Å². The van der Waals surface area contributed by atoms with Crippen molar-refractivity contribution >= 4 is 79.5 Å². The summed E-state index contributed by atoms with van der Waals surface area (Å²) in [5.74, 6) is -2.26. The van der Waals surface area contributed by atoms with Crippen LogP contribution in [0.2, 0.25) is 0 Å². The first-order chi connectivity index (χ1) is 20.2. The number of furan rings is 3. The molecule has 42 heavy (non-hydrogen) atoms. The Bertz CT molecular complexity index is 1960. The second-order valence-corrected chi connectivity index (χ2v) is 9.76. The van der Waals surface area contributed by atoms with Gasteiger partial charge in [-0.1, -0.05) is 18.2 Å². The Hall–Kier alpha value is -5.51. The predicted octanol–water partition coefficient (Wildman–Crippen LogP) is 7.38. The van der Waals surface area contributed by atoms with Gasteiger partial charge in [-0.2, -0.15) is 0 Å². The summed E-state index contributed by atoms with van der Waals surface area (Å²) >= 11 is 2.15. The van der Waals surface area contributed by atoms with Gasteiger partial charge in [0.05, 0.1) is 12.1 Å². The van der Waals surface area contributed by atoms with Gasteiger partial charge in [0.25, 0.3) is 11.8 Å². The second kappa shape index (κ2) is 11.9. The van der Waals surface area contributed by atoms with Crippen LogP contribution in [0.4, 0.5) is 23.1 Å². The van der Waals surface area contributed by atoms with Gasteiger partial charge in [-0.05, 0) is 77.2 Å². The van der Waals surface area contributed by atoms with Gasteiger partial charge in [-0.3, -0.25) is 29.8 Å². The number of nitro groups is 2. The largest absolute Gasteiger partial charge is 0.456 e. The molecule has 14 heteroatoms. The molecule has 0 aliphatic carbocycles. The fraction of sp³-hybridized carbons (Fsp3) is 0. The van der Waals surface area contributed by atoms with E-state index < -0.39 is 33.4 Å². The Morgan fingerprint density at radius 2 is 1.14 bits per heavy atom. The average molecular weight is 680 g/mol. The van der Waals surface area contributed by atoms with Crippen molar-refractivity contribution in [2.75, 3.05) is 10.6 Å². The number of hydrogen-bond donors (Lipinski definition) is 2. The van der Waals surface area contributed by atoms with E-state index in [4.69, 9.17) is 13.3 Å². The Kier molecular flexibility index (Phi) is 7.96. The molecule has 3 aromatic heterocycles. The van der Waals surface area contributed by atoms with Gasteiger partial charge in [0.2, 0.25) is 0 Å². The van der Waals surface area contributed by atoms with Crippen molar-refractivity contribution in [1.82, 2.24) is 0 Å². The minimum Gasteiger partial charge on any atom is -0.456 e. The van der Waals surface area contributed by atoms with Crippen LogP contribution in [0.1, 0.15) is 21.1 Å². The molecule has 13 nitrogen and oxygen atoms in total. The first-order valence-electron chi connectivity index (χ1n) is 12.0. The molecule has 0 fully saturated rings. The molecule has 6 rings (SSSR count). The molecule has 0 aliphatic rings. The van der Waals surface area contributed by atoms with E-state index in [9.17, 15) is 29.8 Å². The second-order valence-electron chi connectivity index (χ2n) is 8.51. The number of benzene rings is 3. The van der Waals surface area contributed by atoms with E-state index in [1.165, 1.54) is 12.1 Å². The van der Waals surface area contributed by atoms with Gasteiger partial charge in [0, 0.05) is 31.8 Å². The third-order valence-corrected chi connectivity index (χ3v) is 6.45. The standard InChI is InChI=1S/C17H10N2O5.C11H7IN2O4/c20-17(14-7-8-16(24-14)19(21)22)18-10-5-6-12-11-3-1-2-4-13(11)23-15(12)9-10;12-7-1-3-8(4-2-7)13-11(15)9-5-6-10(18-9)14(16)17/h1-9H,(H,18,20);1-6H,(H,13,15). The Labute approximate surface area is 248 Å². The predicted molar refractivity (Wildman–Crippen MR) is 160 cm³/mol. The number of hydrogen-bond acceptors (Lipinski definition) is 9. The number of fused-ring (bicyclic) bond motifs is 3. The topological polar surface area (TPSA) is 184 Å². The number of nitrogens with zero attached hydrogens (tertiary/aromatic N) is 2. The highest BCUT2D eigenvalue weighted by molar-refractivity contribution is 14.1. The Morgan fingerprint density at radius 1 is 0.619 bits per heavy atom. The van der Waals surface area contributed by atoms with Gasteiger partial charge < -0.3 is 23.9 Å². The van der Waals surface area contributed by atoms with Crippen LogP contribution in [0.3, 0.4) is 0 Å². The maximum Gasteiger partial charge on any atom is 0.433 e. The lowest BCUT2D eigenvalue weighted by atomic mass is 10.1. The third-order valence-electron chi connectivity index (χ3n) is 5.73. The van der Waals surface area contributed by atoms with E-state index in [-0.39, 0.29) is 11.5 Å². The molecule has 6 aromatic rings. The summed E-state index contributed by atoms with van der Waals surface area (Å²) in [4.78, 5) is 43.4. The molecule has 0 saturated heterocycles. The van der Waals surface area contributed by atoms with Crippen LogP contribution in [0.5, 0.6) is 0 Å². The molecule has 0 atom stereocenters. The summed E-state index contributed by atoms with van der Waals surface area (Å²) in [5.41, 5.74) is 2.50. The maximum atomic E-state index is 12.1. The lowest BCUT2D eigenvalue weighted by Gasteiger charge is -2.02. The van der Waals surface area contributed by atoms with Crippen molar-refractivity contribution in [3.8, 4) is 0 Å². The molecule has 0 saturated carbocycles. The molecule has 0 bridgehead atoms. The van der Waals surface area contributed by atoms with E-state index in [1.54, 1.807) is 24.3 Å². The SMILES string of the molecule is O=C(Nc1ccc(I)cc1)c1ccc([N+](=O)[O-])o1.O=C(Nc1ccc2c(c1)oc1ccccc12)c1ccc([N+](=O)[O-])o1. The third kappa shape index (κ3) is 6.28. The minimum absolute atomic E-state index is 0.0970. The number of carbonyl (C=O) groups excluding carboxylic acids is 2. The summed E-state index contributed by atoms with van der Waals surface area (Å²) in [7, 11) is 0. The zero-order chi connectivity index (χ0) is 29.8. The zero-order valence-corrected chi connectivity index (χ0v) is 23.3. The fourth-order valence-corrected chi connectivity index (χ4v) is 4.18. The number of rotatable bonds is 6. The first-order valence-corrected chi connectivity index (χ1v) is 13.0. The summed E-state index contributed by atoms with van der Waals surface area (Å²) < 4.78 is 16.5. The van der Waals surface area contributed by atoms with E-state index in [1.807, 2.05) is 42.5 Å². The Morgan fingerprint density at radius 3 is 1.71 bits per heavy atom. The van der Waals surface area contributed by atoms with Crippen LogP contribution in [-0.4, -0.2) is 21.7 Å². The smallest absolute Gasteiger partial charge is 0.433 e. The lowest BCUT2D eigenvalue weighted by Crippen LogP contribution is -2.10. The summed E-state index contributed by atoms with van der Waals surface area (Å²) in [6, 6.07) is 24.9. The highest BCUT2D eigenvalue weighted by atomic mass is 127. The molecule has 0 aliphatic heterocycles. The molecule has 0 spiro atoms. The van der Waals surface area contributed by atoms with Gasteiger partial charge in [-0.15, -0.1) is 0 Å². The normalized spacial score (nSPS) is 10.6. The number of nitrogens with one attached hydrogen (secondary N) is 2. The number of anilines is 2. The molecule has 210 valence electrons. The molecule has 2 amide bonds. The quantitative estimate of drug-likeness (QED) is 0.103. The monoisotopic (exact) mass is 680 g/mol. The van der Waals surface area contributed by atoms with Crippen LogP contribution in [0.15, 0.2) is 104 Å². The van der Waals surface area contributed by atoms with Gasteiger partial charge in [0.1, 0.15) is 21.0 Å². The first kappa shape index (κ1) is 28.0. The van der Waals surface area contributed by atoms with E-state index >= 15 is 0 Å². The molecule has 3 heterocycles. The number of amides is 2. The maximum absolute atomic E-state index is 12.1. The molecular weight excluding hydrogens is 663 g/mol. The van der Waals surface area contributed by atoms with Crippen molar-refractivity contribution < 1.29 is 32.7 Å². The van der Waals surface area contributed by atoms with E-state index in [2.05, 4.69) is 33.2 Å². The molecule has 3 aromatic carbocycles.